The van der Waals surface area contributed by atoms with E-state index in [0.717, 1.165) is 6.92 Å². The van der Waals surface area contributed by atoms with Gasteiger partial charge in [-0.1, -0.05) is 0 Å². The van der Waals surface area contributed by atoms with Gasteiger partial charge in [-0.15, -0.1) is 0 Å². The van der Waals surface area contributed by atoms with Crippen molar-refractivity contribution in [3.8, 4) is 5.75 Å². The van der Waals surface area contributed by atoms with Crippen molar-refractivity contribution in [2.75, 3.05) is 0 Å². The molecule has 98 valence electrons. The Morgan fingerprint density at radius 2 is 1.63 bits per heavy atom. The molecule has 0 saturated heterocycles. The molecular weight excluding hydrogens is 252 g/mol. The summed E-state index contributed by atoms with van der Waals surface area (Å²) in [6.45, 7) is 2.34. The summed E-state index contributed by atoms with van der Waals surface area (Å²) in [5.41, 5.74) is 0.252. The number of Topliss-reactive ketones (excluding diaryl/α,β-unsaturated/α-hetero) is 2. The van der Waals surface area contributed by atoms with Gasteiger partial charge in [-0.25, -0.2) is 0 Å². The van der Waals surface area contributed by atoms with Crippen LogP contribution in [0.4, 0.5) is 0 Å². The second-order valence-corrected chi connectivity index (χ2v) is 4.02. The maximum absolute atomic E-state index is 11.9. The smallest absolute Gasteiger partial charge is 0.308 e. The van der Waals surface area contributed by atoms with Gasteiger partial charge in [0.2, 0.25) is 17.7 Å². The first-order valence-electron chi connectivity index (χ1n) is 5.48. The molecule has 1 aromatic carbocycles. The summed E-state index contributed by atoms with van der Waals surface area (Å²) >= 11 is 0. The second-order valence-electron chi connectivity index (χ2n) is 4.02. The summed E-state index contributed by atoms with van der Waals surface area (Å²) in [6.07, 6.45) is -1.43. The molecule has 0 spiro atoms. The summed E-state index contributed by atoms with van der Waals surface area (Å²) in [4.78, 5) is 45.5. The SMILES string of the molecule is CC(=O)Oc1ccc2c(c1)C(=O)C(OC(C)=O)C2=O. The number of benzene rings is 1. The zero-order chi connectivity index (χ0) is 14.2. The fraction of sp³-hybridized carbons (Fsp3) is 0.231. The number of ketones is 2. The van der Waals surface area contributed by atoms with Crippen molar-refractivity contribution >= 4 is 23.5 Å². The van der Waals surface area contributed by atoms with Gasteiger partial charge in [0.15, 0.2) is 0 Å². The van der Waals surface area contributed by atoms with Gasteiger partial charge in [0.25, 0.3) is 0 Å². The maximum atomic E-state index is 11.9. The molecule has 1 aliphatic rings. The number of carbonyl (C=O) groups excluding carboxylic acids is 4. The topological polar surface area (TPSA) is 86.7 Å². The normalized spacial score (nSPS) is 17.1. The Morgan fingerprint density at radius 1 is 1.00 bits per heavy atom. The van der Waals surface area contributed by atoms with Crippen molar-refractivity contribution in [1.82, 2.24) is 0 Å². The summed E-state index contributed by atoms with van der Waals surface area (Å²) in [6, 6.07) is 4.07. The van der Waals surface area contributed by atoms with Crippen molar-refractivity contribution in [1.29, 1.82) is 0 Å². The van der Waals surface area contributed by atoms with Crippen LogP contribution in [-0.4, -0.2) is 29.6 Å². The molecule has 0 heterocycles. The van der Waals surface area contributed by atoms with Crippen LogP contribution in [0.1, 0.15) is 34.6 Å². The van der Waals surface area contributed by atoms with Crippen molar-refractivity contribution in [3.63, 3.8) is 0 Å². The van der Waals surface area contributed by atoms with E-state index in [2.05, 4.69) is 0 Å². The van der Waals surface area contributed by atoms with Crippen LogP contribution >= 0.6 is 0 Å². The van der Waals surface area contributed by atoms with Crippen LogP contribution in [0.3, 0.4) is 0 Å². The third-order valence-corrected chi connectivity index (χ3v) is 2.54. The van der Waals surface area contributed by atoms with Crippen molar-refractivity contribution in [2.24, 2.45) is 0 Å². The highest BCUT2D eigenvalue weighted by Gasteiger charge is 2.41. The molecule has 1 aromatic rings. The van der Waals surface area contributed by atoms with Gasteiger partial charge in [-0.2, -0.15) is 0 Å². The number of ether oxygens (including phenoxy) is 2. The number of esters is 2. The standard InChI is InChI=1S/C13H10O6/c1-6(14)18-8-3-4-9-10(5-8)12(17)13(11(9)16)19-7(2)15/h3-5,13H,1-2H3. The zero-order valence-corrected chi connectivity index (χ0v) is 10.3. The molecule has 0 amide bonds. The summed E-state index contributed by atoms with van der Waals surface area (Å²) in [5, 5.41) is 0. The molecule has 0 fully saturated rings. The number of rotatable bonds is 2. The molecule has 0 radical (unpaired) electrons. The minimum absolute atomic E-state index is 0.0926. The first kappa shape index (κ1) is 12.9. The van der Waals surface area contributed by atoms with Crippen LogP contribution in [0, 0.1) is 0 Å². The molecule has 6 heteroatoms. The molecule has 19 heavy (non-hydrogen) atoms. The largest absolute Gasteiger partial charge is 0.446 e. The zero-order valence-electron chi connectivity index (χ0n) is 10.3. The van der Waals surface area contributed by atoms with Gasteiger partial charge in [0.1, 0.15) is 5.75 Å². The average molecular weight is 262 g/mol. The van der Waals surface area contributed by atoms with E-state index >= 15 is 0 Å². The Kier molecular flexibility index (Phi) is 3.16. The number of carbonyl (C=O) groups is 4. The van der Waals surface area contributed by atoms with Crippen molar-refractivity contribution in [2.45, 2.75) is 20.0 Å². The lowest BCUT2D eigenvalue weighted by atomic mass is 10.1. The first-order valence-corrected chi connectivity index (χ1v) is 5.48. The lowest BCUT2D eigenvalue weighted by Crippen LogP contribution is -2.27. The molecular formula is C13H10O6. The van der Waals surface area contributed by atoms with Gasteiger partial charge >= 0.3 is 11.9 Å². The molecule has 0 aliphatic heterocycles. The number of hydrogen-bond donors (Lipinski definition) is 0. The quantitative estimate of drug-likeness (QED) is 0.447. The maximum Gasteiger partial charge on any atom is 0.308 e. The van der Waals surface area contributed by atoms with Crippen LogP contribution in [0.5, 0.6) is 5.75 Å². The monoisotopic (exact) mass is 262 g/mol. The minimum atomic E-state index is -1.43. The van der Waals surface area contributed by atoms with Crippen LogP contribution in [0.25, 0.3) is 0 Å². The molecule has 1 atom stereocenters. The van der Waals surface area contributed by atoms with E-state index < -0.39 is 29.6 Å². The molecule has 0 aromatic heterocycles. The van der Waals surface area contributed by atoms with E-state index in [-0.39, 0.29) is 16.9 Å². The van der Waals surface area contributed by atoms with Gasteiger partial charge in [0, 0.05) is 25.0 Å². The van der Waals surface area contributed by atoms with E-state index in [4.69, 9.17) is 9.47 Å². The fourth-order valence-corrected chi connectivity index (χ4v) is 1.85. The molecule has 6 nitrogen and oxygen atoms in total. The molecule has 0 saturated carbocycles. The second kappa shape index (κ2) is 4.64. The Bertz CT molecular complexity index is 601. The first-order chi connectivity index (χ1) is 8.90. The minimum Gasteiger partial charge on any atom is -0.446 e. The van der Waals surface area contributed by atoms with Crippen molar-refractivity contribution < 1.29 is 28.7 Å². The third-order valence-electron chi connectivity index (χ3n) is 2.54. The van der Waals surface area contributed by atoms with Crippen LogP contribution < -0.4 is 4.74 Å². The summed E-state index contributed by atoms with van der Waals surface area (Å²) < 4.78 is 9.52. The molecule has 1 unspecified atom stereocenters. The van der Waals surface area contributed by atoms with Gasteiger partial charge in [-0.05, 0) is 18.2 Å². The summed E-state index contributed by atoms with van der Waals surface area (Å²) in [5.74, 6) is -2.25. The molecule has 0 bridgehead atoms. The highest BCUT2D eigenvalue weighted by molar-refractivity contribution is 6.29. The van der Waals surface area contributed by atoms with E-state index in [9.17, 15) is 19.2 Å². The van der Waals surface area contributed by atoms with Gasteiger partial charge in [0.05, 0.1) is 0 Å². The highest BCUT2D eigenvalue weighted by Crippen LogP contribution is 2.28. The fourth-order valence-electron chi connectivity index (χ4n) is 1.85. The Labute approximate surface area is 108 Å². The summed E-state index contributed by atoms with van der Waals surface area (Å²) in [7, 11) is 0. The van der Waals surface area contributed by atoms with Crippen LogP contribution in [0.15, 0.2) is 18.2 Å². The van der Waals surface area contributed by atoms with E-state index in [1.165, 1.54) is 25.1 Å². The van der Waals surface area contributed by atoms with E-state index in [1.54, 1.807) is 0 Å². The Balaban J connectivity index is 2.36. The van der Waals surface area contributed by atoms with E-state index in [0.29, 0.717) is 0 Å². The van der Waals surface area contributed by atoms with Crippen LogP contribution in [-0.2, 0) is 14.3 Å². The molecule has 2 rings (SSSR count). The van der Waals surface area contributed by atoms with Crippen molar-refractivity contribution in [3.05, 3.63) is 29.3 Å². The van der Waals surface area contributed by atoms with Crippen LogP contribution in [0.2, 0.25) is 0 Å². The van der Waals surface area contributed by atoms with Gasteiger partial charge < -0.3 is 9.47 Å². The molecule has 0 N–H and O–H groups in total. The van der Waals surface area contributed by atoms with E-state index in [1.807, 2.05) is 0 Å². The third kappa shape index (κ3) is 2.37. The number of hydrogen-bond acceptors (Lipinski definition) is 6. The van der Waals surface area contributed by atoms with Gasteiger partial charge in [-0.3, -0.25) is 19.2 Å². The Hall–Kier alpha value is -2.50. The average Bonchev–Trinajstić information content (AvgIpc) is 2.53. The highest BCUT2D eigenvalue weighted by atomic mass is 16.6. The number of fused-ring (bicyclic) bond motifs is 1. The Morgan fingerprint density at radius 3 is 2.21 bits per heavy atom. The lowest BCUT2D eigenvalue weighted by Gasteiger charge is -2.05. The predicted molar refractivity (Wildman–Crippen MR) is 62.0 cm³/mol. The lowest BCUT2D eigenvalue weighted by molar-refractivity contribution is -0.142. The predicted octanol–water partition coefficient (Wildman–Crippen LogP) is 0.923. The molecule has 1 aliphatic carbocycles.